The van der Waals surface area contributed by atoms with Crippen molar-refractivity contribution in [3.05, 3.63) is 212 Å². The molecule has 0 spiro atoms. The summed E-state index contributed by atoms with van der Waals surface area (Å²) in [5.41, 5.74) is 12.1. The van der Waals surface area contributed by atoms with Crippen LogP contribution in [-0.2, 0) is 0 Å². The molecule has 276 valence electrons. The number of furan rings is 1. The van der Waals surface area contributed by atoms with E-state index >= 15 is 0 Å². The number of hydrogen-bond donors (Lipinski definition) is 0. The van der Waals surface area contributed by atoms with Crippen LogP contribution >= 0.6 is 11.3 Å². The first-order chi connectivity index (χ1) is 29.2. The van der Waals surface area contributed by atoms with E-state index in [0.717, 1.165) is 61.3 Å². The molecule has 0 aliphatic heterocycles. The van der Waals surface area contributed by atoms with E-state index in [2.05, 4.69) is 211 Å². The summed E-state index contributed by atoms with van der Waals surface area (Å²) in [6.45, 7) is 0. The van der Waals surface area contributed by atoms with E-state index < -0.39 is 0 Å². The van der Waals surface area contributed by atoms with Crippen LogP contribution in [0.3, 0.4) is 0 Å². The van der Waals surface area contributed by atoms with Gasteiger partial charge in [0.1, 0.15) is 11.2 Å². The Hall–Kier alpha value is -7.46. The zero-order valence-corrected chi connectivity index (χ0v) is 32.8. The molecule has 3 heteroatoms. The molecule has 0 aliphatic rings. The molecule has 0 unspecified atom stereocenters. The summed E-state index contributed by atoms with van der Waals surface area (Å²) < 4.78 is 9.14. The molecule has 0 N–H and O–H groups in total. The Balaban J connectivity index is 0.938. The lowest BCUT2D eigenvalue weighted by atomic mass is 9.99. The van der Waals surface area contributed by atoms with Crippen LogP contribution in [-0.4, -0.2) is 0 Å². The fraction of sp³-hybridized carbons (Fsp3) is 0. The second kappa shape index (κ2) is 13.6. The average Bonchev–Trinajstić information content (AvgIpc) is 3.88. The zero-order valence-electron chi connectivity index (χ0n) is 32.0. The van der Waals surface area contributed by atoms with Gasteiger partial charge in [0.05, 0.1) is 0 Å². The number of thiophene rings is 1. The van der Waals surface area contributed by atoms with Gasteiger partial charge in [0, 0.05) is 53.6 Å². The van der Waals surface area contributed by atoms with Gasteiger partial charge in [-0.1, -0.05) is 146 Å². The van der Waals surface area contributed by atoms with E-state index in [4.69, 9.17) is 4.42 Å². The molecule has 0 atom stereocenters. The monoisotopic (exact) mass is 769 g/mol. The van der Waals surface area contributed by atoms with E-state index in [1.807, 2.05) is 17.4 Å². The lowest BCUT2D eigenvalue weighted by Crippen LogP contribution is -2.09. The van der Waals surface area contributed by atoms with Gasteiger partial charge >= 0.3 is 0 Å². The predicted molar refractivity (Wildman–Crippen MR) is 253 cm³/mol. The lowest BCUT2D eigenvalue weighted by molar-refractivity contribution is 0.670. The van der Waals surface area contributed by atoms with Crippen molar-refractivity contribution in [2.24, 2.45) is 0 Å². The van der Waals surface area contributed by atoms with Crippen LogP contribution < -0.4 is 4.90 Å². The Labute approximate surface area is 345 Å². The average molecular weight is 770 g/mol. The summed E-state index contributed by atoms with van der Waals surface area (Å²) in [6, 6.07) is 77.0. The first-order valence-corrected chi connectivity index (χ1v) is 20.9. The normalized spacial score (nSPS) is 11.7. The Morgan fingerprint density at radius 1 is 0.322 bits per heavy atom. The van der Waals surface area contributed by atoms with Gasteiger partial charge in [-0.25, -0.2) is 0 Å². The quantitative estimate of drug-likeness (QED) is 0.157. The molecule has 59 heavy (non-hydrogen) atoms. The zero-order chi connectivity index (χ0) is 38.9. The van der Waals surface area contributed by atoms with Gasteiger partial charge in [0.25, 0.3) is 0 Å². The Morgan fingerprint density at radius 3 is 1.71 bits per heavy atom. The van der Waals surface area contributed by atoms with Gasteiger partial charge in [0.2, 0.25) is 0 Å². The van der Waals surface area contributed by atoms with Crippen molar-refractivity contribution in [3.8, 4) is 33.4 Å². The molecule has 0 amide bonds. The van der Waals surface area contributed by atoms with Gasteiger partial charge in [-0.2, -0.15) is 0 Å². The fourth-order valence-electron chi connectivity index (χ4n) is 8.92. The third-order valence-electron chi connectivity index (χ3n) is 11.9. The first-order valence-electron chi connectivity index (χ1n) is 20.1. The van der Waals surface area contributed by atoms with Crippen LogP contribution in [0.5, 0.6) is 0 Å². The maximum absolute atomic E-state index is 6.49. The molecule has 10 aromatic carbocycles. The molecule has 0 saturated heterocycles. The minimum absolute atomic E-state index is 0.894. The second-order valence-electron chi connectivity index (χ2n) is 15.3. The largest absolute Gasteiger partial charge is 0.455 e. The number of rotatable bonds is 6. The molecule has 2 aromatic heterocycles. The minimum Gasteiger partial charge on any atom is -0.455 e. The third-order valence-corrected chi connectivity index (χ3v) is 13.0. The molecule has 0 bridgehead atoms. The maximum atomic E-state index is 6.49. The number of hydrogen-bond acceptors (Lipinski definition) is 3. The van der Waals surface area contributed by atoms with E-state index in [0.29, 0.717) is 0 Å². The number of para-hydroxylation sites is 1. The van der Waals surface area contributed by atoms with Gasteiger partial charge < -0.3 is 9.32 Å². The number of fused-ring (bicyclic) bond motifs is 9. The van der Waals surface area contributed by atoms with Crippen molar-refractivity contribution in [2.75, 3.05) is 4.90 Å². The van der Waals surface area contributed by atoms with Gasteiger partial charge in [-0.15, -0.1) is 11.3 Å². The molecule has 0 aliphatic carbocycles. The van der Waals surface area contributed by atoms with Crippen molar-refractivity contribution in [1.29, 1.82) is 0 Å². The van der Waals surface area contributed by atoms with Crippen molar-refractivity contribution < 1.29 is 4.42 Å². The van der Waals surface area contributed by atoms with E-state index in [9.17, 15) is 0 Å². The summed E-state index contributed by atoms with van der Waals surface area (Å²) in [7, 11) is 0. The highest BCUT2D eigenvalue weighted by Crippen LogP contribution is 2.42. The molecule has 12 rings (SSSR count). The van der Waals surface area contributed by atoms with Crippen molar-refractivity contribution in [3.63, 3.8) is 0 Å². The Kier molecular flexibility index (Phi) is 7.75. The predicted octanol–water partition coefficient (Wildman–Crippen LogP) is 16.7. The smallest absolute Gasteiger partial charge is 0.143 e. The standard InChI is InChI=1S/C56H35NOS/c1-2-9-38(10-3-1)48-14-8-15-50-51-34-40(23-31-53(51)58-56(48)50)36-19-25-43(26-20-36)57(45-29-30-47-42(33-45)18-17-39-11-4-5-12-46(39)47)44-27-21-37(22-28-44)41-24-32-55-52(35-41)49-13-6-7-16-54(49)59-55/h1-35H. The van der Waals surface area contributed by atoms with E-state index in [1.54, 1.807) is 0 Å². The molecule has 2 heterocycles. The summed E-state index contributed by atoms with van der Waals surface area (Å²) in [5.74, 6) is 0. The SMILES string of the molecule is c1ccc(-c2cccc3c2oc2ccc(-c4ccc(N(c5ccc(-c6ccc7sc8ccccc8c7c6)cc5)c5ccc6c(ccc7ccccc76)c5)cc4)cc23)cc1. The fourth-order valence-corrected chi connectivity index (χ4v) is 10.0. The topological polar surface area (TPSA) is 16.4 Å². The molecule has 0 radical (unpaired) electrons. The highest BCUT2D eigenvalue weighted by atomic mass is 32.1. The summed E-state index contributed by atoms with van der Waals surface area (Å²) in [4.78, 5) is 2.37. The summed E-state index contributed by atoms with van der Waals surface area (Å²) >= 11 is 1.86. The number of anilines is 3. The van der Waals surface area contributed by atoms with Crippen molar-refractivity contribution >= 4 is 92.1 Å². The third kappa shape index (κ3) is 5.70. The van der Waals surface area contributed by atoms with Crippen molar-refractivity contribution in [2.45, 2.75) is 0 Å². The van der Waals surface area contributed by atoms with Crippen LogP contribution in [0, 0.1) is 0 Å². The summed E-state index contributed by atoms with van der Waals surface area (Å²) in [6.07, 6.45) is 0. The van der Waals surface area contributed by atoms with E-state index in [1.165, 1.54) is 52.8 Å². The molecule has 0 saturated carbocycles. The molecule has 0 fully saturated rings. The maximum Gasteiger partial charge on any atom is 0.143 e. The van der Waals surface area contributed by atoms with Crippen LogP contribution in [0.15, 0.2) is 217 Å². The highest BCUT2D eigenvalue weighted by molar-refractivity contribution is 7.25. The van der Waals surface area contributed by atoms with Gasteiger partial charge in [-0.05, 0) is 116 Å². The minimum atomic E-state index is 0.894. The Bertz CT molecular complexity index is 3540. The van der Waals surface area contributed by atoms with Crippen molar-refractivity contribution in [1.82, 2.24) is 0 Å². The second-order valence-corrected chi connectivity index (χ2v) is 16.4. The van der Waals surface area contributed by atoms with Gasteiger partial charge in [-0.3, -0.25) is 0 Å². The summed E-state index contributed by atoms with van der Waals surface area (Å²) in [5, 5.41) is 9.87. The molecular weight excluding hydrogens is 735 g/mol. The number of benzene rings is 10. The Morgan fingerprint density at radius 2 is 0.915 bits per heavy atom. The van der Waals surface area contributed by atoms with Gasteiger partial charge in [0.15, 0.2) is 0 Å². The van der Waals surface area contributed by atoms with Crippen LogP contribution in [0.4, 0.5) is 17.1 Å². The van der Waals surface area contributed by atoms with Crippen LogP contribution in [0.25, 0.3) is 97.0 Å². The molecule has 12 aromatic rings. The van der Waals surface area contributed by atoms with Crippen LogP contribution in [0.1, 0.15) is 0 Å². The van der Waals surface area contributed by atoms with E-state index in [-0.39, 0.29) is 0 Å². The number of nitrogens with zero attached hydrogens (tertiary/aromatic N) is 1. The lowest BCUT2D eigenvalue weighted by Gasteiger charge is -2.26. The first kappa shape index (κ1) is 33.7. The van der Waals surface area contributed by atoms with Crippen LogP contribution in [0.2, 0.25) is 0 Å². The highest BCUT2D eigenvalue weighted by Gasteiger charge is 2.17. The molecular formula is C56H35NOS. The molecule has 2 nitrogen and oxygen atoms in total.